The minimum absolute atomic E-state index is 0.0487. The van der Waals surface area contributed by atoms with Crippen molar-refractivity contribution >= 4 is 11.7 Å². The maximum atomic E-state index is 14.0. The van der Waals surface area contributed by atoms with E-state index in [1.165, 1.54) is 6.07 Å². The second kappa shape index (κ2) is 5.94. The van der Waals surface area contributed by atoms with Gasteiger partial charge in [-0.3, -0.25) is 9.69 Å². The molecule has 2 aliphatic rings. The van der Waals surface area contributed by atoms with Gasteiger partial charge in [0.1, 0.15) is 17.5 Å². The van der Waals surface area contributed by atoms with Crippen molar-refractivity contribution in [3.8, 4) is 0 Å². The molecule has 2 aliphatic heterocycles. The van der Waals surface area contributed by atoms with Crippen LogP contribution in [-0.4, -0.2) is 29.0 Å². The van der Waals surface area contributed by atoms with Crippen LogP contribution in [0.1, 0.15) is 35.0 Å². The Bertz CT molecular complexity index is 802. The molecule has 0 bridgehead atoms. The van der Waals surface area contributed by atoms with E-state index in [1.807, 2.05) is 6.92 Å². The van der Waals surface area contributed by atoms with E-state index in [9.17, 15) is 9.18 Å². The van der Waals surface area contributed by atoms with Gasteiger partial charge in [-0.05, 0) is 26.0 Å². The molecule has 0 radical (unpaired) electrons. The first-order valence-electron chi connectivity index (χ1n) is 8.25. The molecule has 1 saturated heterocycles. The van der Waals surface area contributed by atoms with Gasteiger partial charge in [-0.1, -0.05) is 18.2 Å². The molecule has 0 spiro atoms. The molecule has 6 heteroatoms. The van der Waals surface area contributed by atoms with Gasteiger partial charge in [-0.25, -0.2) is 14.4 Å². The van der Waals surface area contributed by atoms with Crippen LogP contribution in [0, 0.1) is 12.7 Å². The number of carbonyl (C=O) groups is 1. The molecule has 0 aliphatic carbocycles. The molecule has 1 N–H and O–H groups in total. The number of carbonyl (C=O) groups excluding carboxylic acids is 1. The van der Waals surface area contributed by atoms with Gasteiger partial charge in [-0.2, -0.15) is 0 Å². The predicted octanol–water partition coefficient (Wildman–Crippen LogP) is 2.09. The molecule has 1 amide bonds. The highest BCUT2D eigenvalue weighted by atomic mass is 19.1. The Morgan fingerprint density at radius 3 is 2.92 bits per heavy atom. The maximum absolute atomic E-state index is 14.0. The summed E-state index contributed by atoms with van der Waals surface area (Å²) in [5, 5.41) is 3.32. The zero-order valence-corrected chi connectivity index (χ0v) is 13.6. The molecule has 1 fully saturated rings. The number of aryl methyl sites for hydroxylation is 1. The van der Waals surface area contributed by atoms with Crippen molar-refractivity contribution in [1.82, 2.24) is 15.3 Å². The van der Waals surface area contributed by atoms with Crippen LogP contribution in [-0.2, 0) is 17.8 Å². The number of benzene rings is 1. The minimum atomic E-state index is -0.301. The van der Waals surface area contributed by atoms with Crippen LogP contribution in [0.25, 0.3) is 0 Å². The first kappa shape index (κ1) is 15.2. The average molecular weight is 326 g/mol. The zero-order valence-electron chi connectivity index (χ0n) is 13.6. The third kappa shape index (κ3) is 2.57. The van der Waals surface area contributed by atoms with Crippen molar-refractivity contribution < 1.29 is 9.18 Å². The van der Waals surface area contributed by atoms with Crippen LogP contribution in [0.3, 0.4) is 0 Å². The van der Waals surface area contributed by atoms with Crippen molar-refractivity contribution in [2.45, 2.75) is 32.2 Å². The van der Waals surface area contributed by atoms with Crippen LogP contribution in [0.15, 0.2) is 24.3 Å². The van der Waals surface area contributed by atoms with E-state index in [2.05, 4.69) is 15.3 Å². The summed E-state index contributed by atoms with van der Waals surface area (Å²) in [5.74, 6) is 1.36. The van der Waals surface area contributed by atoms with E-state index < -0.39 is 0 Å². The zero-order chi connectivity index (χ0) is 16.7. The molecule has 1 aromatic carbocycles. The molecule has 0 unspecified atom stereocenters. The van der Waals surface area contributed by atoms with E-state index >= 15 is 0 Å². The van der Waals surface area contributed by atoms with Gasteiger partial charge in [0.15, 0.2) is 0 Å². The highest BCUT2D eigenvalue weighted by Gasteiger charge is 2.33. The predicted molar refractivity (Wildman–Crippen MR) is 88.3 cm³/mol. The van der Waals surface area contributed by atoms with Crippen LogP contribution >= 0.6 is 0 Å². The Balaban J connectivity index is 1.71. The molecular weight excluding hydrogens is 307 g/mol. The topological polar surface area (TPSA) is 58.1 Å². The normalized spacial score (nSPS) is 19.8. The van der Waals surface area contributed by atoms with Crippen molar-refractivity contribution in [2.24, 2.45) is 0 Å². The van der Waals surface area contributed by atoms with Gasteiger partial charge >= 0.3 is 0 Å². The number of fused-ring (bicyclic) bond motifs is 1. The summed E-state index contributed by atoms with van der Waals surface area (Å²) in [7, 11) is 0. The van der Waals surface area contributed by atoms with E-state index in [1.54, 1.807) is 23.1 Å². The third-order valence-corrected chi connectivity index (χ3v) is 4.81. The molecular formula is C18H19FN4O. The van der Waals surface area contributed by atoms with Gasteiger partial charge in [0.2, 0.25) is 5.91 Å². The summed E-state index contributed by atoms with van der Waals surface area (Å²) in [5.41, 5.74) is 2.22. The second-order valence-electron chi connectivity index (χ2n) is 6.41. The smallest absolute Gasteiger partial charge is 0.233 e. The lowest BCUT2D eigenvalue weighted by Gasteiger charge is -2.19. The number of hydrogen-bond donors (Lipinski definition) is 1. The number of amides is 1. The first-order valence-corrected chi connectivity index (χ1v) is 8.25. The summed E-state index contributed by atoms with van der Waals surface area (Å²) < 4.78 is 14.0. The maximum Gasteiger partial charge on any atom is 0.233 e. The SMILES string of the molecule is Cc1nc([C@H]2CCNC2)nc2c1CC(=O)N2Cc1ccccc1F. The van der Waals surface area contributed by atoms with Crippen molar-refractivity contribution in [1.29, 1.82) is 0 Å². The fourth-order valence-electron chi connectivity index (χ4n) is 3.41. The summed E-state index contributed by atoms with van der Waals surface area (Å²) in [6.45, 7) is 3.95. The number of rotatable bonds is 3. The number of hydrogen-bond acceptors (Lipinski definition) is 4. The monoisotopic (exact) mass is 326 g/mol. The van der Waals surface area contributed by atoms with Crippen LogP contribution < -0.4 is 10.2 Å². The van der Waals surface area contributed by atoms with E-state index in [0.717, 1.165) is 36.6 Å². The van der Waals surface area contributed by atoms with E-state index in [0.29, 0.717) is 17.8 Å². The second-order valence-corrected chi connectivity index (χ2v) is 6.41. The molecule has 2 aromatic rings. The van der Waals surface area contributed by atoms with Crippen molar-refractivity contribution in [3.05, 3.63) is 52.7 Å². The molecule has 24 heavy (non-hydrogen) atoms. The largest absolute Gasteiger partial charge is 0.316 e. The molecule has 3 heterocycles. The molecule has 1 atom stereocenters. The Kier molecular flexibility index (Phi) is 3.76. The highest BCUT2D eigenvalue weighted by Crippen LogP contribution is 2.32. The molecule has 4 rings (SSSR count). The Morgan fingerprint density at radius 1 is 1.33 bits per heavy atom. The number of halogens is 1. The Hall–Kier alpha value is -2.34. The lowest BCUT2D eigenvalue weighted by Crippen LogP contribution is -2.27. The summed E-state index contributed by atoms with van der Waals surface area (Å²) in [6, 6.07) is 6.55. The Labute approximate surface area is 139 Å². The van der Waals surface area contributed by atoms with Crippen LogP contribution in [0.5, 0.6) is 0 Å². The van der Waals surface area contributed by atoms with Gasteiger partial charge in [-0.15, -0.1) is 0 Å². The van der Waals surface area contributed by atoms with Crippen molar-refractivity contribution in [3.63, 3.8) is 0 Å². The quantitative estimate of drug-likeness (QED) is 0.938. The molecule has 124 valence electrons. The standard InChI is InChI=1S/C18H19FN4O/c1-11-14-8-16(24)23(10-13-4-2-3-5-15(13)19)18(14)22-17(21-11)12-6-7-20-9-12/h2-5,12,20H,6-10H2,1H3/t12-/m0/s1. The van der Waals surface area contributed by atoms with Gasteiger partial charge in [0, 0.05) is 29.3 Å². The highest BCUT2D eigenvalue weighted by molar-refractivity contribution is 6.00. The summed E-state index contributed by atoms with van der Waals surface area (Å²) >= 11 is 0. The number of aromatic nitrogens is 2. The molecule has 5 nitrogen and oxygen atoms in total. The third-order valence-electron chi connectivity index (χ3n) is 4.81. The van der Waals surface area contributed by atoms with E-state index in [4.69, 9.17) is 0 Å². The fourth-order valence-corrected chi connectivity index (χ4v) is 3.41. The summed E-state index contributed by atoms with van der Waals surface area (Å²) in [4.78, 5) is 23.3. The lowest BCUT2D eigenvalue weighted by molar-refractivity contribution is -0.117. The first-order chi connectivity index (χ1) is 11.6. The number of nitrogens with zero attached hydrogens (tertiary/aromatic N) is 3. The number of nitrogens with one attached hydrogen (secondary N) is 1. The number of anilines is 1. The van der Waals surface area contributed by atoms with Crippen molar-refractivity contribution in [2.75, 3.05) is 18.0 Å². The molecule has 0 saturated carbocycles. The van der Waals surface area contributed by atoms with Crippen LogP contribution in [0.4, 0.5) is 10.2 Å². The average Bonchev–Trinajstić information content (AvgIpc) is 3.19. The Morgan fingerprint density at radius 2 is 2.17 bits per heavy atom. The summed E-state index contributed by atoms with van der Waals surface area (Å²) in [6.07, 6.45) is 1.29. The van der Waals surface area contributed by atoms with Gasteiger partial charge < -0.3 is 5.32 Å². The lowest BCUT2D eigenvalue weighted by atomic mass is 10.1. The van der Waals surface area contributed by atoms with Crippen LogP contribution in [0.2, 0.25) is 0 Å². The van der Waals surface area contributed by atoms with Gasteiger partial charge in [0.25, 0.3) is 0 Å². The van der Waals surface area contributed by atoms with E-state index in [-0.39, 0.29) is 24.2 Å². The molecule has 1 aromatic heterocycles. The minimum Gasteiger partial charge on any atom is -0.316 e. The fraction of sp³-hybridized carbons (Fsp3) is 0.389. The van der Waals surface area contributed by atoms with Gasteiger partial charge in [0.05, 0.1) is 13.0 Å².